The van der Waals surface area contributed by atoms with E-state index < -0.39 is 0 Å². The van der Waals surface area contributed by atoms with Gasteiger partial charge in [0.1, 0.15) is 5.75 Å². The normalized spacial score (nSPS) is 20.1. The Morgan fingerprint density at radius 1 is 1.13 bits per heavy atom. The number of likely N-dealkylation sites (tertiary alicyclic amines) is 2. The highest BCUT2D eigenvalue weighted by Crippen LogP contribution is 2.26. The molecule has 5 rings (SSSR count). The molecule has 0 spiro atoms. The maximum atomic E-state index is 12.6. The summed E-state index contributed by atoms with van der Waals surface area (Å²) in [4.78, 5) is 20.7. The third-order valence-electron chi connectivity index (χ3n) is 7.02. The van der Waals surface area contributed by atoms with E-state index in [0.29, 0.717) is 38.6 Å². The van der Waals surface area contributed by atoms with Crippen LogP contribution in [0.4, 0.5) is 0 Å². The van der Waals surface area contributed by atoms with E-state index in [1.54, 1.807) is 5.01 Å². The molecule has 198 valence electrons. The first-order valence-electron chi connectivity index (χ1n) is 13.2. The number of guanidine groups is 1. The number of hydrogen-bond donors (Lipinski definition) is 0. The van der Waals surface area contributed by atoms with Gasteiger partial charge in [-0.05, 0) is 50.5 Å². The number of carbonyl (C=O) groups is 1. The summed E-state index contributed by atoms with van der Waals surface area (Å²) in [5.41, 5.74) is 4.06. The Balaban J connectivity index is 1.24. The highest BCUT2D eigenvalue weighted by atomic mass is 16.5. The van der Waals surface area contributed by atoms with Crippen molar-refractivity contribution in [2.45, 2.75) is 58.5 Å². The predicted molar refractivity (Wildman–Crippen MR) is 145 cm³/mol. The van der Waals surface area contributed by atoms with Gasteiger partial charge in [-0.25, -0.2) is 5.01 Å². The lowest BCUT2D eigenvalue weighted by Gasteiger charge is -2.42. The number of benzene rings is 2. The van der Waals surface area contributed by atoms with E-state index in [1.165, 1.54) is 0 Å². The molecule has 3 aliphatic heterocycles. The standard InChI is InChI=1S/C29H34N6O3/c1-20(2)38-24-12-8-22(9-13-24)18-37-25-15-33(16-25)29(31-19-30)35-17-26(34-14-4-5-27(34)36)28(32-35)23-10-6-21(3)7-11-23/h6-13,20,25-26H,4-5,14-18H2,1-3H3. The van der Waals surface area contributed by atoms with Gasteiger partial charge >= 0.3 is 0 Å². The topological polar surface area (TPSA) is 93.8 Å². The summed E-state index contributed by atoms with van der Waals surface area (Å²) in [6.45, 7) is 8.99. The zero-order valence-electron chi connectivity index (χ0n) is 22.2. The summed E-state index contributed by atoms with van der Waals surface area (Å²) in [7, 11) is 0. The van der Waals surface area contributed by atoms with E-state index in [0.717, 1.165) is 41.1 Å². The molecule has 0 saturated carbocycles. The van der Waals surface area contributed by atoms with Gasteiger partial charge in [0.05, 0.1) is 37.1 Å². The van der Waals surface area contributed by atoms with Crippen LogP contribution in [0, 0.1) is 18.4 Å². The number of aliphatic imine (C=N–C) groups is 1. The van der Waals surface area contributed by atoms with E-state index in [1.807, 2.05) is 73.2 Å². The van der Waals surface area contributed by atoms with Gasteiger partial charge in [0.2, 0.25) is 18.1 Å². The molecule has 3 aliphatic rings. The van der Waals surface area contributed by atoms with Crippen molar-refractivity contribution in [2.75, 3.05) is 26.2 Å². The van der Waals surface area contributed by atoms with E-state index >= 15 is 0 Å². The lowest BCUT2D eigenvalue weighted by Crippen LogP contribution is -2.58. The van der Waals surface area contributed by atoms with Crippen LogP contribution >= 0.6 is 0 Å². The first kappa shape index (κ1) is 25.7. The SMILES string of the molecule is Cc1ccc(C2=NN(C(=NC#N)N3CC(OCc4ccc(OC(C)C)cc4)C3)CC2N2CCCC2=O)cc1. The second-order valence-electron chi connectivity index (χ2n) is 10.3. The average molecular weight is 515 g/mol. The van der Waals surface area contributed by atoms with Crippen molar-refractivity contribution in [2.24, 2.45) is 10.1 Å². The second-order valence-corrected chi connectivity index (χ2v) is 10.3. The molecule has 0 radical (unpaired) electrons. The second kappa shape index (κ2) is 11.2. The molecule has 1 atom stereocenters. The fraction of sp³-hybridized carbons (Fsp3) is 0.448. The number of aryl methyl sites for hydroxylation is 1. The summed E-state index contributed by atoms with van der Waals surface area (Å²) < 4.78 is 11.8. The Bertz CT molecular complexity index is 1240. The van der Waals surface area contributed by atoms with Crippen molar-refractivity contribution >= 4 is 17.6 Å². The Morgan fingerprint density at radius 2 is 1.87 bits per heavy atom. The number of carbonyl (C=O) groups excluding carboxylic acids is 1. The summed E-state index contributed by atoms with van der Waals surface area (Å²) in [6, 6.07) is 16.0. The number of nitrogens with zero attached hydrogens (tertiary/aromatic N) is 6. The Labute approximate surface area is 223 Å². The molecule has 3 heterocycles. The number of hydrogen-bond acceptors (Lipinski definition) is 6. The van der Waals surface area contributed by atoms with Crippen molar-refractivity contribution in [1.82, 2.24) is 14.8 Å². The number of hydrazone groups is 1. The number of rotatable bonds is 7. The molecular formula is C29H34N6O3. The molecule has 2 saturated heterocycles. The fourth-order valence-corrected chi connectivity index (χ4v) is 5.03. The van der Waals surface area contributed by atoms with Gasteiger partial charge in [0, 0.05) is 26.1 Å². The molecule has 0 N–H and O–H groups in total. The number of ether oxygens (including phenoxy) is 2. The maximum Gasteiger partial charge on any atom is 0.233 e. The monoisotopic (exact) mass is 514 g/mol. The summed E-state index contributed by atoms with van der Waals surface area (Å²) in [6.07, 6.45) is 3.54. The van der Waals surface area contributed by atoms with Gasteiger partial charge in [-0.3, -0.25) is 4.79 Å². The van der Waals surface area contributed by atoms with Crippen LogP contribution in [0.25, 0.3) is 0 Å². The molecule has 1 amide bonds. The molecule has 0 aromatic heterocycles. The summed E-state index contributed by atoms with van der Waals surface area (Å²) in [5, 5.41) is 16.1. The van der Waals surface area contributed by atoms with Crippen LogP contribution in [0.5, 0.6) is 5.75 Å². The molecule has 38 heavy (non-hydrogen) atoms. The Morgan fingerprint density at radius 3 is 2.50 bits per heavy atom. The first-order chi connectivity index (χ1) is 18.4. The molecular weight excluding hydrogens is 480 g/mol. The molecule has 1 unspecified atom stereocenters. The molecule has 9 heteroatoms. The van der Waals surface area contributed by atoms with Gasteiger partial charge in [-0.15, -0.1) is 4.99 Å². The highest BCUT2D eigenvalue weighted by molar-refractivity contribution is 6.08. The third kappa shape index (κ3) is 5.65. The molecule has 2 aromatic rings. The van der Waals surface area contributed by atoms with Crippen molar-refractivity contribution in [1.29, 1.82) is 5.26 Å². The van der Waals surface area contributed by atoms with Crippen LogP contribution in [0.2, 0.25) is 0 Å². The van der Waals surface area contributed by atoms with Crippen LogP contribution in [-0.4, -0.2) is 76.8 Å². The Hall–Kier alpha value is -3.90. The average Bonchev–Trinajstić information content (AvgIpc) is 3.49. The minimum atomic E-state index is -0.174. The molecule has 0 bridgehead atoms. The van der Waals surface area contributed by atoms with Crippen molar-refractivity contribution in [3.05, 3.63) is 65.2 Å². The zero-order valence-corrected chi connectivity index (χ0v) is 22.2. The number of nitriles is 1. The van der Waals surface area contributed by atoms with Crippen LogP contribution in [0.15, 0.2) is 58.6 Å². The largest absolute Gasteiger partial charge is 0.491 e. The minimum absolute atomic E-state index is 0.0320. The minimum Gasteiger partial charge on any atom is -0.491 e. The maximum absolute atomic E-state index is 12.6. The van der Waals surface area contributed by atoms with E-state index in [2.05, 4.69) is 17.1 Å². The van der Waals surface area contributed by atoms with Crippen LogP contribution in [-0.2, 0) is 16.1 Å². The summed E-state index contributed by atoms with van der Waals surface area (Å²) >= 11 is 0. The summed E-state index contributed by atoms with van der Waals surface area (Å²) in [5.74, 6) is 1.50. The van der Waals surface area contributed by atoms with E-state index in [9.17, 15) is 10.1 Å². The van der Waals surface area contributed by atoms with Gasteiger partial charge in [-0.1, -0.05) is 42.0 Å². The third-order valence-corrected chi connectivity index (χ3v) is 7.02. The van der Waals surface area contributed by atoms with Crippen LogP contribution in [0.1, 0.15) is 43.4 Å². The van der Waals surface area contributed by atoms with E-state index in [-0.39, 0.29) is 24.2 Å². The van der Waals surface area contributed by atoms with Gasteiger partial charge < -0.3 is 19.3 Å². The van der Waals surface area contributed by atoms with Crippen molar-refractivity contribution in [3.8, 4) is 11.9 Å². The first-order valence-corrected chi connectivity index (χ1v) is 13.2. The predicted octanol–water partition coefficient (Wildman–Crippen LogP) is 3.53. The van der Waals surface area contributed by atoms with Gasteiger partial charge in [0.15, 0.2) is 0 Å². The molecule has 2 fully saturated rings. The smallest absolute Gasteiger partial charge is 0.233 e. The van der Waals surface area contributed by atoms with Gasteiger partial charge in [0.25, 0.3) is 0 Å². The van der Waals surface area contributed by atoms with Crippen LogP contribution < -0.4 is 4.74 Å². The lowest BCUT2D eigenvalue weighted by molar-refractivity contribution is -0.128. The lowest BCUT2D eigenvalue weighted by atomic mass is 10.0. The van der Waals surface area contributed by atoms with Crippen molar-refractivity contribution in [3.63, 3.8) is 0 Å². The van der Waals surface area contributed by atoms with Crippen LogP contribution in [0.3, 0.4) is 0 Å². The zero-order chi connectivity index (χ0) is 26.6. The fourth-order valence-electron chi connectivity index (χ4n) is 5.03. The van der Waals surface area contributed by atoms with Crippen molar-refractivity contribution < 1.29 is 14.3 Å². The number of amides is 1. The quantitative estimate of drug-likeness (QED) is 0.319. The van der Waals surface area contributed by atoms with Gasteiger partial charge in [-0.2, -0.15) is 10.4 Å². The Kier molecular flexibility index (Phi) is 7.61. The van der Waals surface area contributed by atoms with E-state index in [4.69, 9.17) is 14.6 Å². The molecule has 9 nitrogen and oxygen atoms in total. The molecule has 2 aromatic carbocycles. The highest BCUT2D eigenvalue weighted by Gasteiger charge is 2.41. The molecule has 0 aliphatic carbocycles.